The summed E-state index contributed by atoms with van der Waals surface area (Å²) in [6.07, 6.45) is 1.98. The van der Waals surface area contributed by atoms with Crippen molar-refractivity contribution in [2.45, 2.75) is 39.2 Å². The molecule has 0 heterocycles. The van der Waals surface area contributed by atoms with Crippen molar-refractivity contribution in [3.63, 3.8) is 0 Å². The second-order valence-electron chi connectivity index (χ2n) is 5.18. The lowest BCUT2D eigenvalue weighted by molar-refractivity contribution is -0.122. The van der Waals surface area contributed by atoms with Gasteiger partial charge < -0.3 is 11.1 Å². The van der Waals surface area contributed by atoms with Gasteiger partial charge in [0, 0.05) is 12.0 Å². The topological polar surface area (TPSA) is 55.1 Å². The highest BCUT2D eigenvalue weighted by atomic mass is 19.1. The van der Waals surface area contributed by atoms with Crippen LogP contribution in [0.15, 0.2) is 18.2 Å². The van der Waals surface area contributed by atoms with Crippen LogP contribution in [0.25, 0.3) is 0 Å². The van der Waals surface area contributed by atoms with Crippen molar-refractivity contribution in [2.75, 3.05) is 6.54 Å². The first-order valence-electron chi connectivity index (χ1n) is 6.88. The number of carbonyl (C=O) groups excluding carboxylic acids is 1. The molecule has 3 N–H and O–H groups in total. The van der Waals surface area contributed by atoms with E-state index in [1.165, 1.54) is 0 Å². The Kier molecular flexibility index (Phi) is 6.58. The summed E-state index contributed by atoms with van der Waals surface area (Å²) in [4.78, 5) is 11.8. The number of carbonyl (C=O) groups is 1. The Hall–Kier alpha value is -1.49. The van der Waals surface area contributed by atoms with Gasteiger partial charge in [-0.25, -0.2) is 8.78 Å². The molecule has 0 saturated heterocycles. The van der Waals surface area contributed by atoms with Crippen molar-refractivity contribution in [2.24, 2.45) is 11.7 Å². The molecule has 1 aromatic carbocycles. The number of halogens is 2. The Morgan fingerprint density at radius 3 is 2.65 bits per heavy atom. The SMILES string of the molecule is CC(CCN)CCC(=O)NC(C)c1cc(F)ccc1F. The standard InChI is InChI=1S/C15H22F2N2O/c1-10(7-8-18)3-6-15(20)19-11(2)13-9-12(16)4-5-14(13)17/h4-5,9-11H,3,6-8,18H2,1-2H3,(H,19,20). The molecule has 0 aliphatic carbocycles. The van der Waals surface area contributed by atoms with Crippen LogP contribution in [0.3, 0.4) is 0 Å². The third-order valence-electron chi connectivity index (χ3n) is 3.33. The minimum Gasteiger partial charge on any atom is -0.349 e. The third kappa shape index (κ3) is 5.25. The lowest BCUT2D eigenvalue weighted by Crippen LogP contribution is -2.27. The number of rotatable bonds is 7. The zero-order valence-corrected chi connectivity index (χ0v) is 12.0. The monoisotopic (exact) mass is 284 g/mol. The smallest absolute Gasteiger partial charge is 0.220 e. The van der Waals surface area contributed by atoms with E-state index in [2.05, 4.69) is 5.32 Å². The van der Waals surface area contributed by atoms with Gasteiger partial charge in [-0.2, -0.15) is 0 Å². The summed E-state index contributed by atoms with van der Waals surface area (Å²) in [6, 6.07) is 2.68. The van der Waals surface area contributed by atoms with Crippen molar-refractivity contribution >= 4 is 5.91 Å². The van der Waals surface area contributed by atoms with Crippen LogP contribution in [0.5, 0.6) is 0 Å². The van der Waals surface area contributed by atoms with Crippen molar-refractivity contribution in [3.8, 4) is 0 Å². The van der Waals surface area contributed by atoms with E-state index < -0.39 is 17.7 Å². The molecular formula is C15H22F2N2O. The Morgan fingerprint density at radius 1 is 1.30 bits per heavy atom. The van der Waals surface area contributed by atoms with E-state index in [-0.39, 0.29) is 11.5 Å². The van der Waals surface area contributed by atoms with E-state index in [0.29, 0.717) is 18.9 Å². The molecule has 0 radical (unpaired) electrons. The van der Waals surface area contributed by atoms with Crippen LogP contribution >= 0.6 is 0 Å². The molecule has 2 atom stereocenters. The molecule has 0 spiro atoms. The summed E-state index contributed by atoms with van der Waals surface area (Å²) in [5.41, 5.74) is 5.61. The number of nitrogens with one attached hydrogen (secondary N) is 1. The maximum atomic E-state index is 13.6. The average Bonchev–Trinajstić information content (AvgIpc) is 2.39. The summed E-state index contributed by atoms with van der Waals surface area (Å²) in [5.74, 6) is -0.813. The van der Waals surface area contributed by atoms with Crippen molar-refractivity contribution < 1.29 is 13.6 Å². The molecule has 1 aromatic rings. The molecule has 5 heteroatoms. The molecule has 0 bridgehead atoms. The molecule has 0 fully saturated rings. The van der Waals surface area contributed by atoms with Gasteiger partial charge in [0.2, 0.25) is 5.91 Å². The van der Waals surface area contributed by atoms with Gasteiger partial charge in [0.05, 0.1) is 6.04 Å². The second kappa shape index (κ2) is 7.94. The van der Waals surface area contributed by atoms with E-state index in [1.807, 2.05) is 6.92 Å². The number of hydrogen-bond acceptors (Lipinski definition) is 2. The Morgan fingerprint density at radius 2 is 2.00 bits per heavy atom. The highest BCUT2D eigenvalue weighted by Crippen LogP contribution is 2.18. The summed E-state index contributed by atoms with van der Waals surface area (Å²) in [7, 11) is 0. The predicted octanol–water partition coefficient (Wildman–Crippen LogP) is 2.91. The van der Waals surface area contributed by atoms with Crippen LogP contribution in [0, 0.1) is 17.6 Å². The first-order chi connectivity index (χ1) is 9.43. The summed E-state index contributed by atoms with van der Waals surface area (Å²) in [5, 5.41) is 2.68. The van der Waals surface area contributed by atoms with Gasteiger partial charge >= 0.3 is 0 Å². The predicted molar refractivity (Wildman–Crippen MR) is 75.0 cm³/mol. The van der Waals surface area contributed by atoms with Gasteiger partial charge in [0.15, 0.2) is 0 Å². The normalized spacial score (nSPS) is 13.8. The van der Waals surface area contributed by atoms with Gasteiger partial charge in [0.25, 0.3) is 0 Å². The molecular weight excluding hydrogens is 262 g/mol. The van der Waals surface area contributed by atoms with Crippen molar-refractivity contribution in [1.82, 2.24) is 5.32 Å². The second-order valence-corrected chi connectivity index (χ2v) is 5.18. The van der Waals surface area contributed by atoms with Gasteiger partial charge in [0.1, 0.15) is 11.6 Å². The highest BCUT2D eigenvalue weighted by molar-refractivity contribution is 5.76. The van der Waals surface area contributed by atoms with Crippen LogP contribution in [0.2, 0.25) is 0 Å². The van der Waals surface area contributed by atoms with Crippen LogP contribution in [-0.4, -0.2) is 12.5 Å². The Balaban J connectivity index is 2.51. The minimum atomic E-state index is -0.553. The highest BCUT2D eigenvalue weighted by Gasteiger charge is 2.15. The first-order valence-corrected chi connectivity index (χ1v) is 6.88. The summed E-state index contributed by atoms with van der Waals surface area (Å²) >= 11 is 0. The number of benzene rings is 1. The zero-order valence-electron chi connectivity index (χ0n) is 12.0. The molecule has 1 amide bonds. The maximum absolute atomic E-state index is 13.6. The molecule has 20 heavy (non-hydrogen) atoms. The van der Waals surface area contributed by atoms with Crippen LogP contribution in [-0.2, 0) is 4.79 Å². The molecule has 3 nitrogen and oxygen atoms in total. The largest absolute Gasteiger partial charge is 0.349 e. The van der Waals surface area contributed by atoms with Crippen LogP contribution in [0.1, 0.15) is 44.7 Å². The van der Waals surface area contributed by atoms with Crippen LogP contribution < -0.4 is 11.1 Å². The van der Waals surface area contributed by atoms with E-state index in [1.54, 1.807) is 6.92 Å². The minimum absolute atomic E-state index is 0.161. The average molecular weight is 284 g/mol. The first kappa shape index (κ1) is 16.6. The molecule has 0 aromatic heterocycles. The number of hydrogen-bond donors (Lipinski definition) is 2. The molecule has 112 valence electrons. The van der Waals surface area contributed by atoms with Crippen molar-refractivity contribution in [3.05, 3.63) is 35.4 Å². The summed E-state index contributed by atoms with van der Waals surface area (Å²) in [6.45, 7) is 4.28. The Bertz CT molecular complexity index is 451. The number of amides is 1. The summed E-state index contributed by atoms with van der Waals surface area (Å²) < 4.78 is 26.6. The van der Waals surface area contributed by atoms with Gasteiger partial charge in [-0.1, -0.05) is 6.92 Å². The lowest BCUT2D eigenvalue weighted by Gasteiger charge is -2.16. The van der Waals surface area contributed by atoms with Gasteiger partial charge in [-0.05, 0) is 50.4 Å². The zero-order chi connectivity index (χ0) is 15.1. The molecule has 0 aliphatic heterocycles. The molecule has 1 rings (SSSR count). The molecule has 0 saturated carbocycles. The van der Waals surface area contributed by atoms with E-state index in [0.717, 1.165) is 31.0 Å². The fraction of sp³-hybridized carbons (Fsp3) is 0.533. The van der Waals surface area contributed by atoms with E-state index in [9.17, 15) is 13.6 Å². The molecule has 0 aliphatic rings. The quantitative estimate of drug-likeness (QED) is 0.809. The maximum Gasteiger partial charge on any atom is 0.220 e. The third-order valence-corrected chi connectivity index (χ3v) is 3.33. The van der Waals surface area contributed by atoms with Gasteiger partial charge in [-0.15, -0.1) is 0 Å². The van der Waals surface area contributed by atoms with E-state index in [4.69, 9.17) is 5.73 Å². The van der Waals surface area contributed by atoms with Crippen LogP contribution in [0.4, 0.5) is 8.78 Å². The lowest BCUT2D eigenvalue weighted by atomic mass is 10.0. The fourth-order valence-corrected chi connectivity index (χ4v) is 2.04. The Labute approximate surface area is 118 Å². The van der Waals surface area contributed by atoms with Crippen molar-refractivity contribution in [1.29, 1.82) is 0 Å². The number of nitrogens with two attached hydrogens (primary N) is 1. The van der Waals surface area contributed by atoms with Gasteiger partial charge in [-0.3, -0.25) is 4.79 Å². The van der Waals surface area contributed by atoms with E-state index >= 15 is 0 Å². The molecule has 2 unspecified atom stereocenters. The fourth-order valence-electron chi connectivity index (χ4n) is 2.04.